The predicted octanol–water partition coefficient (Wildman–Crippen LogP) is 4.48. The van der Waals surface area contributed by atoms with Gasteiger partial charge in [-0.3, -0.25) is 4.79 Å². The molecule has 0 bridgehead atoms. The molecule has 112 valence electrons. The third kappa shape index (κ3) is 2.29. The van der Waals surface area contributed by atoms with E-state index in [2.05, 4.69) is 0 Å². The van der Waals surface area contributed by atoms with Gasteiger partial charge in [-0.2, -0.15) is 0 Å². The highest BCUT2D eigenvalue weighted by atomic mass is 16.5. The van der Waals surface area contributed by atoms with Gasteiger partial charge in [-0.05, 0) is 38.5 Å². The van der Waals surface area contributed by atoms with Crippen molar-refractivity contribution in [2.24, 2.45) is 0 Å². The zero-order chi connectivity index (χ0) is 15.7. The van der Waals surface area contributed by atoms with Gasteiger partial charge in [0.2, 0.25) is 5.43 Å². The van der Waals surface area contributed by atoms with Crippen LogP contribution in [-0.2, 0) is 0 Å². The summed E-state index contributed by atoms with van der Waals surface area (Å²) >= 11 is 0. The van der Waals surface area contributed by atoms with Crippen LogP contribution in [0.15, 0.2) is 51.7 Å². The van der Waals surface area contributed by atoms with Crippen molar-refractivity contribution >= 4 is 11.0 Å². The molecule has 0 unspecified atom stereocenters. The highest BCUT2D eigenvalue weighted by Gasteiger charge is 2.16. The number of hydrogen-bond donors (Lipinski definition) is 0. The Kier molecular flexibility index (Phi) is 3.72. The first-order chi connectivity index (χ1) is 10.6. The second kappa shape index (κ2) is 5.68. The summed E-state index contributed by atoms with van der Waals surface area (Å²) in [4.78, 5) is 12.9. The first-order valence-electron chi connectivity index (χ1n) is 7.38. The van der Waals surface area contributed by atoms with Crippen LogP contribution in [0, 0.1) is 13.8 Å². The summed E-state index contributed by atoms with van der Waals surface area (Å²) in [6, 6.07) is 13.2. The molecule has 0 fully saturated rings. The van der Waals surface area contributed by atoms with E-state index in [1.54, 1.807) is 6.07 Å². The fourth-order valence-corrected chi connectivity index (χ4v) is 2.73. The van der Waals surface area contributed by atoms with Crippen LogP contribution in [0.4, 0.5) is 0 Å². The van der Waals surface area contributed by atoms with E-state index in [1.807, 2.05) is 57.2 Å². The van der Waals surface area contributed by atoms with Crippen molar-refractivity contribution < 1.29 is 9.15 Å². The molecule has 0 aliphatic carbocycles. The Morgan fingerprint density at radius 2 is 1.77 bits per heavy atom. The summed E-state index contributed by atoms with van der Waals surface area (Å²) < 4.78 is 11.5. The third-order valence-corrected chi connectivity index (χ3v) is 3.80. The van der Waals surface area contributed by atoms with Gasteiger partial charge >= 0.3 is 0 Å². The van der Waals surface area contributed by atoms with Crippen LogP contribution in [-0.4, -0.2) is 6.61 Å². The van der Waals surface area contributed by atoms with Gasteiger partial charge in [0.15, 0.2) is 0 Å². The molecule has 0 N–H and O–H groups in total. The average molecular weight is 294 g/mol. The van der Waals surface area contributed by atoms with Gasteiger partial charge in [-0.1, -0.05) is 30.3 Å². The van der Waals surface area contributed by atoms with Crippen LogP contribution in [0.5, 0.6) is 5.75 Å². The molecule has 3 aromatic rings. The maximum atomic E-state index is 12.9. The highest BCUT2D eigenvalue weighted by molar-refractivity contribution is 5.86. The van der Waals surface area contributed by atoms with E-state index in [0.29, 0.717) is 28.9 Å². The second-order valence-corrected chi connectivity index (χ2v) is 5.23. The van der Waals surface area contributed by atoms with Gasteiger partial charge in [0.25, 0.3) is 0 Å². The monoisotopic (exact) mass is 294 g/mol. The van der Waals surface area contributed by atoms with Gasteiger partial charge < -0.3 is 9.15 Å². The largest absolute Gasteiger partial charge is 0.493 e. The van der Waals surface area contributed by atoms with Crippen molar-refractivity contribution in [1.29, 1.82) is 0 Å². The lowest BCUT2D eigenvalue weighted by Gasteiger charge is -2.11. The second-order valence-electron chi connectivity index (χ2n) is 5.23. The molecule has 0 saturated heterocycles. The summed E-state index contributed by atoms with van der Waals surface area (Å²) in [7, 11) is 0. The normalized spacial score (nSPS) is 10.9. The molecule has 3 nitrogen and oxygen atoms in total. The van der Waals surface area contributed by atoms with Crippen LogP contribution in [0.1, 0.15) is 18.2 Å². The van der Waals surface area contributed by atoms with Crippen molar-refractivity contribution in [2.45, 2.75) is 20.8 Å². The quantitative estimate of drug-likeness (QED) is 0.715. The molecule has 0 saturated carbocycles. The number of hydrogen-bond acceptors (Lipinski definition) is 3. The Morgan fingerprint density at radius 3 is 2.45 bits per heavy atom. The third-order valence-electron chi connectivity index (χ3n) is 3.80. The number of fused-ring (bicyclic) bond motifs is 1. The molecule has 22 heavy (non-hydrogen) atoms. The molecule has 3 rings (SSSR count). The Hall–Kier alpha value is -2.55. The average Bonchev–Trinajstić information content (AvgIpc) is 2.52. The van der Waals surface area contributed by atoms with Crippen molar-refractivity contribution in [2.75, 3.05) is 6.61 Å². The minimum atomic E-state index is -0.00361. The molecule has 3 heteroatoms. The first kappa shape index (κ1) is 14.4. The SMILES string of the molecule is CCOc1ccc2c(=O)c(-c3ccccc3)c(C)oc2c1C. The van der Waals surface area contributed by atoms with E-state index in [0.717, 1.165) is 16.9 Å². The Labute approximate surface area is 129 Å². The van der Waals surface area contributed by atoms with E-state index in [1.165, 1.54) is 0 Å². The zero-order valence-electron chi connectivity index (χ0n) is 13.0. The smallest absolute Gasteiger partial charge is 0.200 e. The maximum Gasteiger partial charge on any atom is 0.200 e. The first-order valence-corrected chi connectivity index (χ1v) is 7.38. The van der Waals surface area contributed by atoms with Crippen molar-refractivity contribution in [3.8, 4) is 16.9 Å². The molecule has 1 aromatic heterocycles. The molecule has 0 aliphatic heterocycles. The number of aryl methyl sites for hydroxylation is 2. The van der Waals surface area contributed by atoms with Gasteiger partial charge in [0.1, 0.15) is 17.1 Å². The van der Waals surface area contributed by atoms with Gasteiger partial charge in [0, 0.05) is 5.56 Å². The van der Waals surface area contributed by atoms with Crippen LogP contribution in [0.25, 0.3) is 22.1 Å². The van der Waals surface area contributed by atoms with E-state index in [4.69, 9.17) is 9.15 Å². The standard InChI is InChI=1S/C19H18O3/c1-4-21-16-11-10-15-18(20)17(14-8-6-5-7-9-14)13(3)22-19(15)12(16)2/h5-11H,4H2,1-3H3. The lowest BCUT2D eigenvalue weighted by atomic mass is 10.0. The number of rotatable bonds is 3. The van der Waals surface area contributed by atoms with E-state index >= 15 is 0 Å². The molecule has 0 spiro atoms. The fourth-order valence-electron chi connectivity index (χ4n) is 2.73. The van der Waals surface area contributed by atoms with Gasteiger partial charge in [-0.15, -0.1) is 0 Å². The Morgan fingerprint density at radius 1 is 1.05 bits per heavy atom. The Balaban J connectivity index is 2.32. The van der Waals surface area contributed by atoms with Crippen LogP contribution < -0.4 is 10.2 Å². The minimum Gasteiger partial charge on any atom is -0.493 e. The zero-order valence-corrected chi connectivity index (χ0v) is 13.0. The maximum absolute atomic E-state index is 12.9. The van der Waals surface area contributed by atoms with Gasteiger partial charge in [0.05, 0.1) is 17.6 Å². The predicted molar refractivity (Wildman–Crippen MR) is 88.6 cm³/mol. The van der Waals surface area contributed by atoms with Crippen LogP contribution in [0.3, 0.4) is 0 Å². The Bertz CT molecular complexity index is 877. The molecular formula is C19H18O3. The summed E-state index contributed by atoms with van der Waals surface area (Å²) in [5, 5.41) is 0.588. The summed E-state index contributed by atoms with van der Waals surface area (Å²) in [5.74, 6) is 1.38. The minimum absolute atomic E-state index is 0.00361. The highest BCUT2D eigenvalue weighted by Crippen LogP contribution is 2.30. The summed E-state index contributed by atoms with van der Waals surface area (Å²) in [6.45, 7) is 6.26. The lowest BCUT2D eigenvalue weighted by Crippen LogP contribution is -2.08. The van der Waals surface area contributed by atoms with Crippen molar-refractivity contribution in [3.63, 3.8) is 0 Å². The molecule has 2 aromatic carbocycles. The van der Waals surface area contributed by atoms with Crippen LogP contribution in [0.2, 0.25) is 0 Å². The van der Waals surface area contributed by atoms with E-state index < -0.39 is 0 Å². The van der Waals surface area contributed by atoms with Gasteiger partial charge in [-0.25, -0.2) is 0 Å². The summed E-state index contributed by atoms with van der Waals surface area (Å²) in [6.07, 6.45) is 0. The molecular weight excluding hydrogens is 276 g/mol. The van der Waals surface area contributed by atoms with Crippen LogP contribution >= 0.6 is 0 Å². The molecule has 0 atom stereocenters. The number of ether oxygens (including phenoxy) is 1. The van der Waals surface area contributed by atoms with E-state index in [-0.39, 0.29) is 5.43 Å². The molecule has 0 aliphatic rings. The molecule has 0 radical (unpaired) electrons. The lowest BCUT2D eigenvalue weighted by molar-refractivity contribution is 0.337. The fraction of sp³-hybridized carbons (Fsp3) is 0.211. The summed E-state index contributed by atoms with van der Waals surface area (Å²) in [5.41, 5.74) is 2.96. The molecule has 0 amide bonds. The topological polar surface area (TPSA) is 39.4 Å². The number of benzene rings is 2. The molecule has 1 heterocycles. The van der Waals surface area contributed by atoms with E-state index in [9.17, 15) is 4.79 Å². The van der Waals surface area contributed by atoms with Crippen molar-refractivity contribution in [3.05, 3.63) is 64.0 Å². The van der Waals surface area contributed by atoms with Crippen molar-refractivity contribution in [1.82, 2.24) is 0 Å².